The molecule has 1 saturated heterocycles. The Kier molecular flexibility index (Phi) is 5.56. The smallest absolute Gasteiger partial charge is 0.353 e. The monoisotopic (exact) mass is 437 g/mol. The molecule has 3 aliphatic rings. The van der Waals surface area contributed by atoms with Gasteiger partial charge in [0, 0.05) is 28.8 Å². The topological polar surface area (TPSA) is 123 Å². The standard InChI is InChI=1S/C19H23N3O5S2/c1-8-14-13(9(2)24)17(25)22(14)15(18(26)27)16(8)29-19-21-12(7-28-19)10-3-4-20-11(5-10)6-23/h3,7-9,11,13-14,20,23-24H,4-6H2,1-2H3,(H,26,27)/t8-,9-,11-,13-,14?/m1/s1. The van der Waals surface area contributed by atoms with Crippen molar-refractivity contribution in [3.63, 3.8) is 0 Å². The average Bonchev–Trinajstić information content (AvgIpc) is 3.24. The molecule has 1 aromatic heterocycles. The van der Waals surface area contributed by atoms with E-state index >= 15 is 0 Å². The molecule has 5 atom stereocenters. The van der Waals surface area contributed by atoms with Gasteiger partial charge in [0.25, 0.3) is 0 Å². The lowest BCUT2D eigenvalue weighted by Crippen LogP contribution is -2.63. The summed E-state index contributed by atoms with van der Waals surface area (Å²) in [5, 5.41) is 34.2. The number of carbonyl (C=O) groups is 2. The van der Waals surface area contributed by atoms with Gasteiger partial charge in [0.2, 0.25) is 5.91 Å². The predicted octanol–water partition coefficient (Wildman–Crippen LogP) is 1.13. The fourth-order valence-corrected chi connectivity index (χ4v) is 6.42. The molecule has 0 saturated carbocycles. The first kappa shape index (κ1) is 20.5. The zero-order chi connectivity index (χ0) is 20.9. The highest BCUT2D eigenvalue weighted by atomic mass is 32.2. The molecule has 0 aromatic carbocycles. The first-order valence-corrected chi connectivity index (χ1v) is 11.2. The molecule has 0 aliphatic carbocycles. The molecular formula is C19H23N3O5S2. The first-order chi connectivity index (χ1) is 13.8. The van der Waals surface area contributed by atoms with Crippen molar-refractivity contribution >= 4 is 40.5 Å². The number of carboxylic acid groups (broad SMARTS) is 1. The van der Waals surface area contributed by atoms with E-state index in [0.29, 0.717) is 22.2 Å². The fraction of sp³-hybridized carbons (Fsp3) is 0.526. The van der Waals surface area contributed by atoms with Gasteiger partial charge in [-0.1, -0.05) is 24.8 Å². The molecule has 4 N–H and O–H groups in total. The molecule has 1 unspecified atom stereocenters. The Morgan fingerprint density at radius 3 is 2.93 bits per heavy atom. The Bertz CT molecular complexity index is 909. The average molecular weight is 438 g/mol. The molecule has 8 nitrogen and oxygen atoms in total. The van der Waals surface area contributed by atoms with Crippen LogP contribution in [0.3, 0.4) is 0 Å². The summed E-state index contributed by atoms with van der Waals surface area (Å²) in [5.41, 5.74) is 1.90. The number of hydrogen-bond donors (Lipinski definition) is 4. The number of aliphatic hydroxyl groups is 2. The van der Waals surface area contributed by atoms with Gasteiger partial charge in [0.05, 0.1) is 30.4 Å². The molecule has 0 bridgehead atoms. The summed E-state index contributed by atoms with van der Waals surface area (Å²) >= 11 is 2.72. The lowest BCUT2D eigenvalue weighted by Gasteiger charge is -2.46. The maximum absolute atomic E-state index is 12.4. The van der Waals surface area contributed by atoms with Crippen LogP contribution < -0.4 is 5.32 Å². The third-order valence-corrected chi connectivity index (χ3v) is 7.99. The number of aliphatic carboxylic acids is 1. The number of aromatic nitrogens is 1. The molecule has 0 radical (unpaired) electrons. The van der Waals surface area contributed by atoms with Gasteiger partial charge in [-0.2, -0.15) is 0 Å². The lowest BCUT2D eigenvalue weighted by atomic mass is 9.79. The minimum absolute atomic E-state index is 0.00702. The minimum atomic E-state index is -1.14. The predicted molar refractivity (Wildman–Crippen MR) is 109 cm³/mol. The van der Waals surface area contributed by atoms with E-state index in [1.54, 1.807) is 6.92 Å². The Morgan fingerprint density at radius 1 is 1.52 bits per heavy atom. The van der Waals surface area contributed by atoms with Crippen LogP contribution in [0.1, 0.15) is 26.0 Å². The number of nitrogens with zero attached hydrogens (tertiary/aromatic N) is 2. The van der Waals surface area contributed by atoms with Crippen molar-refractivity contribution in [1.29, 1.82) is 0 Å². The van der Waals surface area contributed by atoms with Crippen molar-refractivity contribution < 1.29 is 24.9 Å². The number of carboxylic acids is 1. The van der Waals surface area contributed by atoms with Gasteiger partial charge in [0.15, 0.2) is 4.34 Å². The van der Waals surface area contributed by atoms with Crippen LogP contribution in [-0.4, -0.2) is 68.4 Å². The highest BCUT2D eigenvalue weighted by Gasteiger charge is 2.60. The van der Waals surface area contributed by atoms with Crippen LogP contribution in [0.2, 0.25) is 0 Å². The second-order valence-corrected chi connectivity index (χ2v) is 9.74. The summed E-state index contributed by atoms with van der Waals surface area (Å²) in [5.74, 6) is -2.23. The largest absolute Gasteiger partial charge is 0.477 e. The summed E-state index contributed by atoms with van der Waals surface area (Å²) in [6.45, 7) is 4.20. The highest BCUT2D eigenvalue weighted by molar-refractivity contribution is 8.04. The SMILES string of the molecule is C[C@H]1C(Sc2nc(C3=CCN[C@@H](CO)C3)cs2)=C(C(=O)O)N2C(=O)[C@H]([C@@H](C)O)C12. The molecular weight excluding hydrogens is 414 g/mol. The van der Waals surface area contributed by atoms with Crippen molar-refractivity contribution in [2.75, 3.05) is 13.2 Å². The van der Waals surface area contributed by atoms with Crippen LogP contribution in [0.4, 0.5) is 0 Å². The van der Waals surface area contributed by atoms with Gasteiger partial charge in [-0.15, -0.1) is 11.3 Å². The van der Waals surface area contributed by atoms with Gasteiger partial charge in [-0.25, -0.2) is 9.78 Å². The normalized spacial score (nSPS) is 30.1. The number of aliphatic hydroxyl groups excluding tert-OH is 2. The van der Waals surface area contributed by atoms with E-state index in [4.69, 9.17) is 0 Å². The number of thioether (sulfide) groups is 1. The number of carbonyl (C=O) groups excluding carboxylic acids is 1. The van der Waals surface area contributed by atoms with Gasteiger partial charge >= 0.3 is 5.97 Å². The van der Waals surface area contributed by atoms with Gasteiger partial charge in [-0.05, 0) is 18.9 Å². The van der Waals surface area contributed by atoms with Crippen molar-refractivity contribution in [2.45, 2.75) is 42.8 Å². The van der Waals surface area contributed by atoms with Crippen molar-refractivity contribution in [2.24, 2.45) is 11.8 Å². The van der Waals surface area contributed by atoms with Crippen LogP contribution in [0, 0.1) is 11.8 Å². The number of β-lactam (4-membered cyclic amide) rings is 1. The van der Waals surface area contributed by atoms with E-state index in [2.05, 4.69) is 10.3 Å². The molecule has 3 aliphatic heterocycles. The maximum Gasteiger partial charge on any atom is 0.353 e. The summed E-state index contributed by atoms with van der Waals surface area (Å²) in [6, 6.07) is -0.316. The second kappa shape index (κ2) is 7.84. The Labute approximate surface area is 176 Å². The molecule has 1 aromatic rings. The van der Waals surface area contributed by atoms with E-state index < -0.39 is 18.0 Å². The second-order valence-electron chi connectivity index (χ2n) is 7.59. The maximum atomic E-state index is 12.4. The van der Waals surface area contributed by atoms with Gasteiger partial charge in [0.1, 0.15) is 5.70 Å². The third kappa shape index (κ3) is 3.42. The zero-order valence-corrected chi connectivity index (χ0v) is 17.7. The third-order valence-electron chi connectivity index (χ3n) is 5.76. The Hall–Kier alpha value is -1.72. The number of fused-ring (bicyclic) bond motifs is 1. The zero-order valence-electron chi connectivity index (χ0n) is 16.0. The van der Waals surface area contributed by atoms with E-state index in [1.165, 1.54) is 28.0 Å². The van der Waals surface area contributed by atoms with Crippen molar-refractivity contribution in [3.05, 3.63) is 27.8 Å². The van der Waals surface area contributed by atoms with Gasteiger partial charge < -0.3 is 25.5 Å². The summed E-state index contributed by atoms with van der Waals surface area (Å²) < 4.78 is 0.712. The molecule has 10 heteroatoms. The lowest BCUT2D eigenvalue weighted by molar-refractivity contribution is -0.163. The Balaban J connectivity index is 1.58. The highest BCUT2D eigenvalue weighted by Crippen LogP contribution is 2.52. The summed E-state index contributed by atoms with van der Waals surface area (Å²) in [6.07, 6.45) is 1.92. The number of amides is 1. The Morgan fingerprint density at radius 2 is 2.28 bits per heavy atom. The minimum Gasteiger partial charge on any atom is -0.477 e. The molecule has 4 heterocycles. The number of rotatable bonds is 6. The molecule has 1 amide bonds. The van der Waals surface area contributed by atoms with E-state index in [1.807, 2.05) is 18.4 Å². The van der Waals surface area contributed by atoms with Gasteiger partial charge in [-0.3, -0.25) is 4.79 Å². The molecule has 1 fully saturated rings. The molecule has 4 rings (SSSR count). The molecule has 156 valence electrons. The van der Waals surface area contributed by atoms with Crippen LogP contribution in [0.15, 0.2) is 26.4 Å². The van der Waals surface area contributed by atoms with Crippen LogP contribution >= 0.6 is 23.1 Å². The molecule has 0 spiro atoms. The molecule has 29 heavy (non-hydrogen) atoms. The quantitative estimate of drug-likeness (QED) is 0.489. The number of hydrogen-bond acceptors (Lipinski definition) is 8. The van der Waals surface area contributed by atoms with Crippen LogP contribution in [-0.2, 0) is 9.59 Å². The number of nitrogens with one attached hydrogen (secondary N) is 1. The van der Waals surface area contributed by atoms with Crippen molar-refractivity contribution in [3.8, 4) is 0 Å². The number of thiazole rings is 1. The van der Waals surface area contributed by atoms with Crippen LogP contribution in [0.25, 0.3) is 5.57 Å². The summed E-state index contributed by atoms with van der Waals surface area (Å²) in [4.78, 5) is 30.9. The van der Waals surface area contributed by atoms with Crippen LogP contribution in [0.5, 0.6) is 0 Å². The van der Waals surface area contributed by atoms with E-state index in [0.717, 1.165) is 11.3 Å². The summed E-state index contributed by atoms with van der Waals surface area (Å²) in [7, 11) is 0. The van der Waals surface area contributed by atoms with Crippen molar-refractivity contribution in [1.82, 2.24) is 15.2 Å². The first-order valence-electron chi connectivity index (χ1n) is 9.49. The fourth-order valence-electron chi connectivity index (χ4n) is 4.31. The van der Waals surface area contributed by atoms with E-state index in [-0.39, 0.29) is 36.2 Å². The van der Waals surface area contributed by atoms with E-state index in [9.17, 15) is 24.9 Å².